The fraction of sp³-hybridized carbons (Fsp3) is 0.333. The van der Waals surface area contributed by atoms with Gasteiger partial charge in [0, 0.05) is 24.5 Å². The van der Waals surface area contributed by atoms with Gasteiger partial charge in [-0.3, -0.25) is 9.78 Å². The first-order valence-electron chi connectivity index (χ1n) is 12.2. The molecule has 1 amide bonds. The van der Waals surface area contributed by atoms with Crippen molar-refractivity contribution in [3.8, 4) is 5.88 Å². The molecule has 4 aromatic rings. The minimum absolute atomic E-state index is 0.0151. The first kappa shape index (κ1) is 25.3. The van der Waals surface area contributed by atoms with Crippen LogP contribution in [-0.4, -0.2) is 30.8 Å². The van der Waals surface area contributed by atoms with Crippen molar-refractivity contribution in [1.29, 1.82) is 0 Å². The quantitative estimate of drug-likeness (QED) is 0.272. The Kier molecular flexibility index (Phi) is 6.72. The van der Waals surface area contributed by atoms with Crippen LogP contribution in [0.3, 0.4) is 0 Å². The molecule has 0 aliphatic heterocycles. The van der Waals surface area contributed by atoms with E-state index in [1.165, 1.54) is 12.4 Å². The maximum Gasteiger partial charge on any atom is 0.248 e. The first-order chi connectivity index (χ1) is 17.6. The number of hydrogen-bond acceptors (Lipinski definition) is 6. The normalized spacial score (nSPS) is 14.5. The van der Waals surface area contributed by atoms with Gasteiger partial charge in [-0.05, 0) is 66.3 Å². The van der Waals surface area contributed by atoms with Crippen LogP contribution in [0.5, 0.6) is 5.88 Å². The van der Waals surface area contributed by atoms with Gasteiger partial charge in [-0.15, -0.1) is 5.10 Å². The summed E-state index contributed by atoms with van der Waals surface area (Å²) in [5.74, 6) is 0.193. The number of aromatic hydroxyl groups is 1. The number of carbonyl (C=O) groups is 1. The molecule has 0 unspecified atom stereocenters. The van der Waals surface area contributed by atoms with Gasteiger partial charge >= 0.3 is 0 Å². The zero-order valence-electron chi connectivity index (χ0n) is 20.7. The molecular formula is C27H28Cl2N6O2. The molecule has 10 heteroatoms. The van der Waals surface area contributed by atoms with Gasteiger partial charge in [0.25, 0.3) is 0 Å². The Morgan fingerprint density at radius 1 is 1.22 bits per heavy atom. The van der Waals surface area contributed by atoms with Gasteiger partial charge in [-0.25, -0.2) is 9.67 Å². The molecule has 3 heterocycles. The van der Waals surface area contributed by atoms with Crippen molar-refractivity contribution in [1.82, 2.24) is 19.7 Å². The number of aryl methyl sites for hydroxylation is 2. The highest BCUT2D eigenvalue weighted by molar-refractivity contribution is 6.39. The molecule has 4 N–H and O–H groups in total. The number of fused-ring (bicyclic) bond motifs is 3. The van der Waals surface area contributed by atoms with Crippen LogP contribution in [0.15, 0.2) is 36.7 Å². The number of nitrogens with one attached hydrogen (secondary N) is 1. The standard InChI is InChI=1S/C27H28Cl2N6O2/c1-27(2)9-8-17-18(12-27)21-25(33-24(17)32-22-19(28)13-31-14-20(22)29)35(34-26(21)37)10-4-6-15-5-3-7-16(11-15)23(30)36/h3,5,7,11,13-14H,4,6,8-10,12H2,1-2H3,(H2,30,36)(H,34,37)(H,31,32,33). The van der Waals surface area contributed by atoms with E-state index in [4.69, 9.17) is 33.9 Å². The number of benzene rings is 1. The van der Waals surface area contributed by atoms with Crippen LogP contribution in [0.4, 0.5) is 11.5 Å². The Morgan fingerprint density at radius 3 is 2.70 bits per heavy atom. The predicted octanol–water partition coefficient (Wildman–Crippen LogP) is 5.83. The van der Waals surface area contributed by atoms with Crippen molar-refractivity contribution >= 4 is 51.6 Å². The van der Waals surface area contributed by atoms with Gasteiger partial charge in [0.2, 0.25) is 11.8 Å². The number of pyridine rings is 2. The Balaban J connectivity index is 1.52. The summed E-state index contributed by atoms with van der Waals surface area (Å²) in [6.45, 7) is 4.99. The summed E-state index contributed by atoms with van der Waals surface area (Å²) in [7, 11) is 0. The highest BCUT2D eigenvalue weighted by Crippen LogP contribution is 2.44. The third-order valence-corrected chi connectivity index (χ3v) is 7.50. The monoisotopic (exact) mass is 538 g/mol. The fourth-order valence-corrected chi connectivity index (χ4v) is 5.47. The lowest BCUT2D eigenvalue weighted by molar-refractivity contribution is 0.1000. The lowest BCUT2D eigenvalue weighted by atomic mass is 9.74. The van der Waals surface area contributed by atoms with E-state index >= 15 is 0 Å². The second-order valence-corrected chi connectivity index (χ2v) is 11.1. The maximum absolute atomic E-state index is 11.5. The Labute approximate surface area is 224 Å². The number of nitrogens with two attached hydrogens (primary N) is 1. The molecule has 0 bridgehead atoms. The van der Waals surface area contributed by atoms with Crippen LogP contribution in [-0.2, 0) is 25.8 Å². The number of rotatable bonds is 7. The molecule has 1 aromatic carbocycles. The molecular weight excluding hydrogens is 511 g/mol. The number of aromatic nitrogens is 4. The second-order valence-electron chi connectivity index (χ2n) is 10.3. The van der Waals surface area contributed by atoms with Gasteiger partial charge in [-0.2, -0.15) is 0 Å². The third kappa shape index (κ3) is 5.08. The number of amides is 1. The summed E-state index contributed by atoms with van der Waals surface area (Å²) < 4.78 is 1.74. The van der Waals surface area contributed by atoms with Crippen molar-refractivity contribution in [3.63, 3.8) is 0 Å². The molecule has 1 aliphatic carbocycles. The molecule has 5 rings (SSSR count). The lowest BCUT2D eigenvalue weighted by Crippen LogP contribution is -2.23. The van der Waals surface area contributed by atoms with E-state index in [0.717, 1.165) is 42.4 Å². The summed E-state index contributed by atoms with van der Waals surface area (Å²) in [5.41, 5.74) is 10.2. The maximum atomic E-state index is 11.5. The lowest BCUT2D eigenvalue weighted by Gasteiger charge is -2.32. The fourth-order valence-electron chi connectivity index (χ4n) is 5.01. The Hall–Kier alpha value is -3.36. The Bertz CT molecular complexity index is 1490. The van der Waals surface area contributed by atoms with Crippen molar-refractivity contribution in [3.05, 3.63) is 69.0 Å². The Morgan fingerprint density at radius 2 is 1.97 bits per heavy atom. The van der Waals surface area contributed by atoms with Crippen LogP contribution < -0.4 is 11.1 Å². The van der Waals surface area contributed by atoms with Gasteiger partial charge in [0.15, 0.2) is 5.65 Å². The summed E-state index contributed by atoms with van der Waals surface area (Å²) in [4.78, 5) is 20.5. The van der Waals surface area contributed by atoms with E-state index in [0.29, 0.717) is 51.1 Å². The molecule has 1 aliphatic rings. The van der Waals surface area contributed by atoms with E-state index in [2.05, 4.69) is 29.2 Å². The number of anilines is 2. The van der Waals surface area contributed by atoms with Gasteiger partial charge in [0.05, 0.1) is 21.1 Å². The number of primary amides is 1. The molecule has 0 fully saturated rings. The topological polar surface area (TPSA) is 119 Å². The largest absolute Gasteiger partial charge is 0.492 e. The third-order valence-electron chi connectivity index (χ3n) is 6.93. The zero-order chi connectivity index (χ0) is 26.3. The van der Waals surface area contributed by atoms with E-state index in [-0.39, 0.29) is 11.3 Å². The predicted molar refractivity (Wildman–Crippen MR) is 146 cm³/mol. The van der Waals surface area contributed by atoms with Crippen molar-refractivity contribution in [2.24, 2.45) is 11.1 Å². The van der Waals surface area contributed by atoms with E-state index in [1.54, 1.807) is 10.7 Å². The summed E-state index contributed by atoms with van der Waals surface area (Å²) in [6, 6.07) is 7.30. The molecule has 0 saturated heterocycles. The van der Waals surface area contributed by atoms with Gasteiger partial charge in [-0.1, -0.05) is 49.2 Å². The van der Waals surface area contributed by atoms with Crippen LogP contribution in [0.2, 0.25) is 10.0 Å². The minimum Gasteiger partial charge on any atom is -0.492 e. The molecule has 0 saturated carbocycles. The number of nitrogens with zero attached hydrogens (tertiary/aromatic N) is 4. The molecule has 3 aromatic heterocycles. The molecule has 37 heavy (non-hydrogen) atoms. The molecule has 0 radical (unpaired) electrons. The molecule has 8 nitrogen and oxygen atoms in total. The van der Waals surface area contributed by atoms with Crippen LogP contribution in [0.25, 0.3) is 11.0 Å². The molecule has 192 valence electrons. The number of carbonyl (C=O) groups excluding carboxylic acids is 1. The highest BCUT2D eigenvalue weighted by Gasteiger charge is 2.32. The SMILES string of the molecule is CC1(C)CCc2c(Nc3c(Cl)cncc3Cl)nc3c(c(O)nn3CCCc3cccc(C(N)=O)c3)c2C1. The number of hydrogen-bond donors (Lipinski definition) is 3. The second kappa shape index (κ2) is 9.84. The average molecular weight is 539 g/mol. The minimum atomic E-state index is -0.448. The van der Waals surface area contributed by atoms with Gasteiger partial charge < -0.3 is 16.2 Å². The highest BCUT2D eigenvalue weighted by atomic mass is 35.5. The smallest absolute Gasteiger partial charge is 0.248 e. The first-order valence-corrected chi connectivity index (χ1v) is 12.9. The van der Waals surface area contributed by atoms with E-state index < -0.39 is 5.91 Å². The van der Waals surface area contributed by atoms with Crippen LogP contribution in [0, 0.1) is 5.41 Å². The van der Waals surface area contributed by atoms with Crippen LogP contribution >= 0.6 is 23.2 Å². The summed E-state index contributed by atoms with van der Waals surface area (Å²) in [6.07, 6.45) is 7.09. The van der Waals surface area contributed by atoms with Crippen molar-refractivity contribution in [2.75, 3.05) is 5.32 Å². The summed E-state index contributed by atoms with van der Waals surface area (Å²) >= 11 is 12.8. The van der Waals surface area contributed by atoms with Gasteiger partial charge in [0.1, 0.15) is 5.82 Å². The van der Waals surface area contributed by atoms with Crippen LogP contribution in [0.1, 0.15) is 53.7 Å². The molecule has 0 atom stereocenters. The molecule has 0 spiro atoms. The number of halogens is 2. The average Bonchev–Trinajstić information content (AvgIpc) is 3.16. The van der Waals surface area contributed by atoms with E-state index in [1.807, 2.05) is 18.2 Å². The van der Waals surface area contributed by atoms with Crippen molar-refractivity contribution in [2.45, 2.75) is 52.5 Å². The van der Waals surface area contributed by atoms with E-state index in [9.17, 15) is 9.90 Å². The summed E-state index contributed by atoms with van der Waals surface area (Å²) in [5, 5.41) is 20.2. The zero-order valence-corrected chi connectivity index (χ0v) is 22.2. The van der Waals surface area contributed by atoms with Crippen molar-refractivity contribution < 1.29 is 9.90 Å².